The van der Waals surface area contributed by atoms with Crippen molar-refractivity contribution in [1.29, 1.82) is 0 Å². The van der Waals surface area contributed by atoms with Crippen LogP contribution in [0, 0.1) is 12.3 Å². The van der Waals surface area contributed by atoms with E-state index < -0.39 is 0 Å². The van der Waals surface area contributed by atoms with Gasteiger partial charge in [0.2, 0.25) is 0 Å². The third-order valence-corrected chi connectivity index (χ3v) is 5.27. The Labute approximate surface area is 155 Å². The third kappa shape index (κ3) is 6.34. The molecule has 0 nitrogen and oxygen atoms in total. The quantitative estimate of drug-likeness (QED) is 0.432. The predicted octanol–water partition coefficient (Wildman–Crippen LogP) is 7.17. The van der Waals surface area contributed by atoms with Crippen LogP contribution in [0.15, 0.2) is 48.5 Å². The third-order valence-electron chi connectivity index (χ3n) is 5.27. The van der Waals surface area contributed by atoms with Crippen molar-refractivity contribution in [2.75, 3.05) is 0 Å². The summed E-state index contributed by atoms with van der Waals surface area (Å²) in [6.07, 6.45) is 9.90. The molecule has 0 N–H and O–H groups in total. The molecular formula is C25H35. The van der Waals surface area contributed by atoms with Gasteiger partial charge in [-0.2, -0.15) is 0 Å². The molecule has 2 rings (SSSR count). The number of benzene rings is 2. The topological polar surface area (TPSA) is 0 Å². The Balaban J connectivity index is 2.07. The van der Waals surface area contributed by atoms with Gasteiger partial charge in [0, 0.05) is 0 Å². The van der Waals surface area contributed by atoms with Crippen molar-refractivity contribution in [2.24, 2.45) is 5.92 Å². The number of unbranched alkanes of at least 4 members (excludes halogenated alkanes) is 1. The van der Waals surface area contributed by atoms with E-state index >= 15 is 0 Å². The molecule has 0 aromatic heterocycles. The van der Waals surface area contributed by atoms with Gasteiger partial charge in [0.05, 0.1) is 0 Å². The van der Waals surface area contributed by atoms with Crippen LogP contribution in [0.1, 0.15) is 75.1 Å². The van der Waals surface area contributed by atoms with Crippen molar-refractivity contribution < 1.29 is 0 Å². The molecule has 0 saturated heterocycles. The SMILES string of the molecule is CCCCC([CH]C(C)c1cccc(CC)c1)Cc1cccc(CC)c1. The molecular weight excluding hydrogens is 300 g/mol. The molecule has 2 aromatic carbocycles. The molecule has 0 amide bonds. The number of aryl methyl sites for hydroxylation is 2. The normalized spacial score (nSPS) is 13.6. The van der Waals surface area contributed by atoms with Gasteiger partial charge in [0.25, 0.3) is 0 Å². The van der Waals surface area contributed by atoms with Gasteiger partial charge in [0.15, 0.2) is 0 Å². The van der Waals surface area contributed by atoms with Crippen LogP contribution in [0.3, 0.4) is 0 Å². The Morgan fingerprint density at radius 2 is 1.48 bits per heavy atom. The number of hydrogen-bond acceptors (Lipinski definition) is 0. The number of hydrogen-bond donors (Lipinski definition) is 0. The van der Waals surface area contributed by atoms with E-state index in [0.29, 0.717) is 11.8 Å². The molecule has 2 aromatic rings. The van der Waals surface area contributed by atoms with Gasteiger partial charge in [-0.3, -0.25) is 0 Å². The van der Waals surface area contributed by atoms with Crippen molar-refractivity contribution in [3.63, 3.8) is 0 Å². The summed E-state index contributed by atoms with van der Waals surface area (Å²) in [6, 6.07) is 18.3. The first-order chi connectivity index (χ1) is 12.2. The van der Waals surface area contributed by atoms with E-state index in [4.69, 9.17) is 0 Å². The molecule has 0 fully saturated rings. The van der Waals surface area contributed by atoms with Gasteiger partial charge in [-0.15, -0.1) is 0 Å². The average molecular weight is 336 g/mol. The Hall–Kier alpha value is -1.56. The lowest BCUT2D eigenvalue weighted by molar-refractivity contribution is 0.494. The fourth-order valence-electron chi connectivity index (χ4n) is 3.63. The molecule has 2 unspecified atom stereocenters. The summed E-state index contributed by atoms with van der Waals surface area (Å²) in [6.45, 7) is 9.12. The van der Waals surface area contributed by atoms with Crippen molar-refractivity contribution >= 4 is 0 Å². The first-order valence-electron chi connectivity index (χ1n) is 10.2. The van der Waals surface area contributed by atoms with E-state index in [1.807, 2.05) is 0 Å². The van der Waals surface area contributed by atoms with Crippen LogP contribution in [0.4, 0.5) is 0 Å². The van der Waals surface area contributed by atoms with Crippen LogP contribution in [0.25, 0.3) is 0 Å². The van der Waals surface area contributed by atoms with Gasteiger partial charge in [0.1, 0.15) is 0 Å². The van der Waals surface area contributed by atoms with E-state index in [1.165, 1.54) is 47.9 Å². The Kier molecular flexibility index (Phi) is 8.25. The van der Waals surface area contributed by atoms with Crippen molar-refractivity contribution in [3.05, 3.63) is 77.2 Å². The summed E-state index contributed by atoms with van der Waals surface area (Å²) in [7, 11) is 0. The molecule has 0 bridgehead atoms. The molecule has 0 aliphatic rings. The standard InChI is InChI=1S/C25H35/c1-5-8-11-23(18-24-14-9-12-21(6-2)17-24)16-20(4)25-15-10-13-22(7-3)19-25/h9-10,12-17,19-20,23H,5-8,11,18H2,1-4H3. The zero-order valence-corrected chi connectivity index (χ0v) is 16.6. The van der Waals surface area contributed by atoms with Crippen LogP contribution in [-0.4, -0.2) is 0 Å². The van der Waals surface area contributed by atoms with E-state index in [-0.39, 0.29) is 0 Å². The molecule has 0 heterocycles. The minimum Gasteiger partial charge on any atom is -0.0654 e. The Morgan fingerprint density at radius 1 is 0.840 bits per heavy atom. The molecule has 0 aliphatic heterocycles. The van der Waals surface area contributed by atoms with Crippen LogP contribution in [0.2, 0.25) is 0 Å². The highest BCUT2D eigenvalue weighted by molar-refractivity contribution is 5.29. The minimum absolute atomic E-state index is 0.516. The second kappa shape index (κ2) is 10.4. The van der Waals surface area contributed by atoms with Gasteiger partial charge in [-0.1, -0.05) is 89.1 Å². The van der Waals surface area contributed by atoms with E-state index in [2.05, 4.69) is 82.6 Å². The first-order valence-corrected chi connectivity index (χ1v) is 10.2. The highest BCUT2D eigenvalue weighted by Crippen LogP contribution is 2.28. The second-order valence-electron chi connectivity index (χ2n) is 7.36. The van der Waals surface area contributed by atoms with Crippen molar-refractivity contribution in [1.82, 2.24) is 0 Å². The Morgan fingerprint density at radius 3 is 2.16 bits per heavy atom. The average Bonchev–Trinajstić information content (AvgIpc) is 2.66. The molecule has 2 atom stereocenters. The highest BCUT2D eigenvalue weighted by atomic mass is 14.2. The van der Waals surface area contributed by atoms with E-state index in [1.54, 1.807) is 0 Å². The smallest absolute Gasteiger partial charge is 0.0156 e. The van der Waals surface area contributed by atoms with Gasteiger partial charge < -0.3 is 0 Å². The largest absolute Gasteiger partial charge is 0.0654 e. The van der Waals surface area contributed by atoms with Gasteiger partial charge in [-0.25, -0.2) is 0 Å². The minimum atomic E-state index is 0.516. The second-order valence-corrected chi connectivity index (χ2v) is 7.36. The lowest BCUT2D eigenvalue weighted by Gasteiger charge is -2.22. The molecule has 135 valence electrons. The Bertz CT molecular complexity index is 625. The van der Waals surface area contributed by atoms with Gasteiger partial charge in [-0.05, 0) is 66.2 Å². The van der Waals surface area contributed by atoms with Crippen molar-refractivity contribution in [2.45, 2.75) is 72.1 Å². The van der Waals surface area contributed by atoms with Crippen LogP contribution in [-0.2, 0) is 19.3 Å². The summed E-state index contributed by atoms with van der Waals surface area (Å²) in [5, 5.41) is 0. The van der Waals surface area contributed by atoms with E-state index in [9.17, 15) is 0 Å². The lowest BCUT2D eigenvalue weighted by Crippen LogP contribution is -2.11. The molecule has 25 heavy (non-hydrogen) atoms. The summed E-state index contributed by atoms with van der Waals surface area (Å²) in [5.74, 6) is 1.18. The fraction of sp³-hybridized carbons (Fsp3) is 0.480. The van der Waals surface area contributed by atoms with Crippen molar-refractivity contribution in [3.8, 4) is 0 Å². The number of rotatable bonds is 10. The maximum absolute atomic E-state index is 2.60. The van der Waals surface area contributed by atoms with Crippen LogP contribution in [0.5, 0.6) is 0 Å². The zero-order valence-electron chi connectivity index (χ0n) is 16.6. The molecule has 0 heteroatoms. The molecule has 0 aliphatic carbocycles. The maximum Gasteiger partial charge on any atom is -0.0156 e. The lowest BCUT2D eigenvalue weighted by atomic mass is 9.83. The maximum atomic E-state index is 2.60. The fourth-order valence-corrected chi connectivity index (χ4v) is 3.63. The molecule has 0 spiro atoms. The monoisotopic (exact) mass is 335 g/mol. The molecule has 0 saturated carbocycles. The van der Waals surface area contributed by atoms with E-state index in [0.717, 1.165) is 12.8 Å². The summed E-state index contributed by atoms with van der Waals surface area (Å²) < 4.78 is 0. The molecule has 1 radical (unpaired) electrons. The highest BCUT2D eigenvalue weighted by Gasteiger charge is 2.16. The summed E-state index contributed by atoms with van der Waals surface area (Å²) in [4.78, 5) is 0. The first kappa shape index (κ1) is 19.8. The summed E-state index contributed by atoms with van der Waals surface area (Å²) >= 11 is 0. The van der Waals surface area contributed by atoms with Gasteiger partial charge >= 0.3 is 0 Å². The predicted molar refractivity (Wildman–Crippen MR) is 111 cm³/mol. The van der Waals surface area contributed by atoms with Crippen LogP contribution < -0.4 is 0 Å². The zero-order chi connectivity index (χ0) is 18.1. The summed E-state index contributed by atoms with van der Waals surface area (Å²) in [5.41, 5.74) is 5.85. The van der Waals surface area contributed by atoms with Crippen LogP contribution >= 0.6 is 0 Å².